The zero-order valence-corrected chi connectivity index (χ0v) is 18.7. The van der Waals surface area contributed by atoms with E-state index in [2.05, 4.69) is 50.1 Å². The van der Waals surface area contributed by atoms with Crippen molar-refractivity contribution in [1.82, 2.24) is 20.9 Å². The van der Waals surface area contributed by atoms with E-state index in [4.69, 9.17) is 4.74 Å². The predicted molar refractivity (Wildman–Crippen MR) is 120 cm³/mol. The molecular formula is C22H37N5O3. The summed E-state index contributed by atoms with van der Waals surface area (Å²) in [5.74, 6) is 0.617. The summed E-state index contributed by atoms with van der Waals surface area (Å²) in [4.78, 5) is 18.4. The van der Waals surface area contributed by atoms with Gasteiger partial charge in [-0.3, -0.25) is 9.89 Å². The lowest BCUT2D eigenvalue weighted by molar-refractivity contribution is 0.0529. The molecule has 0 bridgehead atoms. The van der Waals surface area contributed by atoms with Gasteiger partial charge in [-0.05, 0) is 45.2 Å². The molecule has 1 unspecified atom stereocenters. The lowest BCUT2D eigenvalue weighted by Gasteiger charge is -2.30. The Bertz CT molecular complexity index is 702. The molecule has 1 heterocycles. The Morgan fingerprint density at radius 1 is 1.20 bits per heavy atom. The highest BCUT2D eigenvalue weighted by atomic mass is 16.6. The third kappa shape index (κ3) is 9.00. The quantitative estimate of drug-likeness (QED) is 0.290. The van der Waals surface area contributed by atoms with Crippen LogP contribution in [0, 0.1) is 0 Å². The SMILES string of the molecule is CCNC(=NCC(O)CN1CCc2ccccc2C1)NCCNC(=O)OC(C)(C)C. The molecule has 8 heteroatoms. The molecular weight excluding hydrogens is 382 g/mol. The largest absolute Gasteiger partial charge is 0.444 e. The van der Waals surface area contributed by atoms with Crippen molar-refractivity contribution >= 4 is 12.1 Å². The van der Waals surface area contributed by atoms with Crippen molar-refractivity contribution in [2.24, 2.45) is 4.99 Å². The molecule has 0 fully saturated rings. The predicted octanol–water partition coefficient (Wildman–Crippen LogP) is 1.49. The first-order chi connectivity index (χ1) is 14.3. The van der Waals surface area contributed by atoms with Crippen LogP contribution in [0.3, 0.4) is 0 Å². The number of aliphatic imine (C=N–C) groups is 1. The van der Waals surface area contributed by atoms with Gasteiger partial charge in [0.1, 0.15) is 5.60 Å². The summed E-state index contributed by atoms with van der Waals surface area (Å²) in [6, 6.07) is 8.48. The fourth-order valence-corrected chi connectivity index (χ4v) is 3.26. The number of alkyl carbamates (subject to hydrolysis) is 1. The first-order valence-corrected chi connectivity index (χ1v) is 10.7. The summed E-state index contributed by atoms with van der Waals surface area (Å²) in [5, 5.41) is 19.4. The van der Waals surface area contributed by atoms with E-state index in [1.807, 2.05) is 27.7 Å². The minimum absolute atomic E-state index is 0.312. The minimum atomic E-state index is -0.536. The summed E-state index contributed by atoms with van der Waals surface area (Å²) >= 11 is 0. The zero-order chi connectivity index (χ0) is 22.0. The monoisotopic (exact) mass is 419 g/mol. The second-order valence-electron chi connectivity index (χ2n) is 8.48. The summed E-state index contributed by atoms with van der Waals surface area (Å²) in [6.45, 7) is 11.8. The van der Waals surface area contributed by atoms with Crippen LogP contribution in [-0.4, -0.2) is 73.0 Å². The topological polar surface area (TPSA) is 98.2 Å². The van der Waals surface area contributed by atoms with Crippen molar-refractivity contribution in [3.05, 3.63) is 35.4 Å². The Morgan fingerprint density at radius 2 is 1.90 bits per heavy atom. The molecule has 8 nitrogen and oxygen atoms in total. The van der Waals surface area contributed by atoms with Gasteiger partial charge in [0.05, 0.1) is 12.6 Å². The van der Waals surface area contributed by atoms with Crippen molar-refractivity contribution in [2.75, 3.05) is 39.3 Å². The number of ether oxygens (including phenoxy) is 1. The highest BCUT2D eigenvalue weighted by Gasteiger charge is 2.18. The molecule has 168 valence electrons. The van der Waals surface area contributed by atoms with E-state index < -0.39 is 17.8 Å². The summed E-state index contributed by atoms with van der Waals surface area (Å²) in [7, 11) is 0. The van der Waals surface area contributed by atoms with Gasteiger partial charge < -0.3 is 25.8 Å². The molecule has 1 atom stereocenters. The average molecular weight is 420 g/mol. The average Bonchev–Trinajstić information content (AvgIpc) is 2.68. The zero-order valence-electron chi connectivity index (χ0n) is 18.7. The number of hydrogen-bond acceptors (Lipinski definition) is 5. The maximum atomic E-state index is 11.7. The number of nitrogens with one attached hydrogen (secondary N) is 3. The second-order valence-corrected chi connectivity index (χ2v) is 8.48. The van der Waals surface area contributed by atoms with Gasteiger partial charge in [0, 0.05) is 39.3 Å². The van der Waals surface area contributed by atoms with Crippen LogP contribution in [-0.2, 0) is 17.7 Å². The highest BCUT2D eigenvalue weighted by molar-refractivity contribution is 5.79. The van der Waals surface area contributed by atoms with Crippen LogP contribution in [0.1, 0.15) is 38.8 Å². The van der Waals surface area contributed by atoms with Crippen LogP contribution in [0.25, 0.3) is 0 Å². The normalized spacial score (nSPS) is 15.8. The molecule has 0 radical (unpaired) electrons. The Kier molecular flexibility index (Phi) is 9.39. The van der Waals surface area contributed by atoms with E-state index in [1.54, 1.807) is 0 Å². The number of guanidine groups is 1. The molecule has 1 amide bonds. The van der Waals surface area contributed by atoms with Gasteiger partial charge in [0.25, 0.3) is 0 Å². The smallest absolute Gasteiger partial charge is 0.407 e. The Hall–Kier alpha value is -2.32. The number of aliphatic hydroxyl groups is 1. The number of β-amino-alcohol motifs (C(OH)–C–C–N with tert-alkyl or cyclic N) is 1. The summed E-state index contributed by atoms with van der Waals surface area (Å²) < 4.78 is 5.20. The minimum Gasteiger partial charge on any atom is -0.444 e. The third-order valence-corrected chi connectivity index (χ3v) is 4.57. The third-order valence-electron chi connectivity index (χ3n) is 4.57. The van der Waals surface area contributed by atoms with Crippen molar-refractivity contribution in [1.29, 1.82) is 0 Å². The molecule has 0 aromatic heterocycles. The maximum Gasteiger partial charge on any atom is 0.407 e. The van der Waals surface area contributed by atoms with Gasteiger partial charge in [-0.25, -0.2) is 4.79 Å². The van der Waals surface area contributed by atoms with Crippen LogP contribution in [0.15, 0.2) is 29.3 Å². The van der Waals surface area contributed by atoms with Gasteiger partial charge >= 0.3 is 6.09 Å². The van der Waals surface area contributed by atoms with E-state index in [1.165, 1.54) is 11.1 Å². The molecule has 30 heavy (non-hydrogen) atoms. The van der Waals surface area contributed by atoms with E-state index in [0.717, 1.165) is 19.5 Å². The molecule has 0 spiro atoms. The molecule has 0 aliphatic carbocycles. The molecule has 1 aromatic carbocycles. The highest BCUT2D eigenvalue weighted by Crippen LogP contribution is 2.18. The lowest BCUT2D eigenvalue weighted by atomic mass is 10.00. The number of carbonyl (C=O) groups is 1. The Balaban J connectivity index is 1.72. The first kappa shape index (κ1) is 24.0. The Labute approximate surface area is 180 Å². The number of fused-ring (bicyclic) bond motifs is 1. The molecule has 4 N–H and O–H groups in total. The van der Waals surface area contributed by atoms with Crippen molar-refractivity contribution in [2.45, 2.75) is 52.4 Å². The molecule has 0 saturated heterocycles. The number of rotatable bonds is 8. The number of aliphatic hydroxyl groups excluding tert-OH is 1. The number of hydrogen-bond donors (Lipinski definition) is 4. The van der Waals surface area contributed by atoms with Crippen molar-refractivity contribution < 1.29 is 14.6 Å². The van der Waals surface area contributed by atoms with Gasteiger partial charge in [-0.1, -0.05) is 24.3 Å². The maximum absolute atomic E-state index is 11.7. The van der Waals surface area contributed by atoms with E-state index in [-0.39, 0.29) is 0 Å². The van der Waals surface area contributed by atoms with Gasteiger partial charge in [0.2, 0.25) is 0 Å². The Morgan fingerprint density at radius 3 is 2.60 bits per heavy atom. The standard InChI is InChI=1S/C22H37N5O3/c1-5-23-20(24-11-12-25-21(29)30-22(2,3)4)26-14-19(28)16-27-13-10-17-8-6-7-9-18(17)15-27/h6-9,19,28H,5,10-16H2,1-4H3,(H,25,29)(H2,23,24,26). The summed E-state index contributed by atoms with van der Waals surface area (Å²) in [6.07, 6.45) is 0.0384. The van der Waals surface area contributed by atoms with E-state index in [9.17, 15) is 9.90 Å². The van der Waals surface area contributed by atoms with E-state index in [0.29, 0.717) is 38.7 Å². The fraction of sp³-hybridized carbons (Fsp3) is 0.636. The van der Waals surface area contributed by atoms with Crippen LogP contribution < -0.4 is 16.0 Å². The first-order valence-electron chi connectivity index (χ1n) is 10.7. The van der Waals surface area contributed by atoms with Gasteiger partial charge in [-0.2, -0.15) is 0 Å². The second kappa shape index (κ2) is 11.8. The van der Waals surface area contributed by atoms with Crippen molar-refractivity contribution in [3.63, 3.8) is 0 Å². The van der Waals surface area contributed by atoms with Crippen molar-refractivity contribution in [3.8, 4) is 0 Å². The van der Waals surface area contributed by atoms with Gasteiger partial charge in [0.15, 0.2) is 5.96 Å². The van der Waals surface area contributed by atoms with Crippen LogP contribution in [0.5, 0.6) is 0 Å². The van der Waals surface area contributed by atoms with Gasteiger partial charge in [-0.15, -0.1) is 0 Å². The molecule has 1 aliphatic rings. The number of amides is 1. The molecule has 1 aliphatic heterocycles. The fourth-order valence-electron chi connectivity index (χ4n) is 3.26. The number of benzene rings is 1. The van der Waals surface area contributed by atoms with E-state index >= 15 is 0 Å². The van der Waals surface area contributed by atoms with Crippen LogP contribution >= 0.6 is 0 Å². The molecule has 1 aromatic rings. The number of carbonyl (C=O) groups excluding carboxylic acids is 1. The number of nitrogens with zero attached hydrogens (tertiary/aromatic N) is 2. The van der Waals surface area contributed by atoms with Crippen LogP contribution in [0.4, 0.5) is 4.79 Å². The lowest BCUT2D eigenvalue weighted by Crippen LogP contribution is -2.43. The van der Waals surface area contributed by atoms with Crippen LogP contribution in [0.2, 0.25) is 0 Å². The molecule has 2 rings (SSSR count). The molecule has 0 saturated carbocycles. The summed E-state index contributed by atoms with van der Waals surface area (Å²) in [5.41, 5.74) is 2.23.